The van der Waals surface area contributed by atoms with Crippen LogP contribution in [-0.4, -0.2) is 44.5 Å². The molecule has 1 rings (SSSR count). The average molecular weight is 570 g/mol. The van der Waals surface area contributed by atoms with E-state index in [0.29, 0.717) is 18.8 Å². The Morgan fingerprint density at radius 2 is 1.68 bits per heavy atom. The van der Waals surface area contributed by atoms with Gasteiger partial charge in [-0.1, -0.05) is 69.9 Å². The summed E-state index contributed by atoms with van der Waals surface area (Å²) in [7, 11) is -2.00. The van der Waals surface area contributed by atoms with E-state index in [-0.39, 0.29) is 23.0 Å². The molecule has 0 aliphatic carbocycles. The summed E-state index contributed by atoms with van der Waals surface area (Å²) in [6.07, 6.45) is 14.4. The van der Waals surface area contributed by atoms with E-state index < -0.39 is 20.0 Å². The number of rotatable bonds is 15. The monoisotopic (exact) mass is 569 g/mol. The van der Waals surface area contributed by atoms with E-state index in [4.69, 9.17) is 13.9 Å². The van der Waals surface area contributed by atoms with Crippen LogP contribution in [0.4, 0.5) is 4.79 Å². The minimum Gasteiger partial charge on any atom is -0.486 e. The number of nitrogens with one attached hydrogen (secondary N) is 1. The molecule has 0 heterocycles. The average Bonchev–Trinajstić information content (AvgIpc) is 2.82. The van der Waals surface area contributed by atoms with Crippen LogP contribution in [0.25, 0.3) is 0 Å². The van der Waals surface area contributed by atoms with E-state index in [0.717, 1.165) is 18.4 Å². The SMILES string of the molecule is C=C/C=C/C=C\CC[C@@H](/C=C/C(C)=O)Oc1ccc(C[C@@H](CO[Si](C)(C)C(C)(C)C)NC(=O)OC(C)(C)C)cc1. The molecule has 0 spiro atoms. The molecule has 222 valence electrons. The third-order valence-corrected chi connectivity index (χ3v) is 11.0. The molecule has 0 unspecified atom stereocenters. The highest BCUT2D eigenvalue weighted by Gasteiger charge is 2.37. The van der Waals surface area contributed by atoms with E-state index in [9.17, 15) is 9.59 Å². The number of allylic oxidation sites excluding steroid dienone is 6. The Kier molecular flexibility index (Phi) is 14.4. The number of alkyl carbamates (subject to hydrolysis) is 1. The van der Waals surface area contributed by atoms with Crippen LogP contribution in [0.5, 0.6) is 5.75 Å². The van der Waals surface area contributed by atoms with Gasteiger partial charge in [0.15, 0.2) is 14.1 Å². The lowest BCUT2D eigenvalue weighted by molar-refractivity contribution is -0.112. The first-order valence-corrected chi connectivity index (χ1v) is 17.0. The van der Waals surface area contributed by atoms with Crippen LogP contribution in [0, 0.1) is 0 Å². The van der Waals surface area contributed by atoms with Gasteiger partial charge >= 0.3 is 6.09 Å². The van der Waals surface area contributed by atoms with Crippen LogP contribution in [0.2, 0.25) is 18.1 Å². The molecular formula is C33H51NO5Si. The zero-order valence-corrected chi connectivity index (χ0v) is 27.1. The molecule has 0 aromatic heterocycles. The molecule has 0 bridgehead atoms. The summed E-state index contributed by atoms with van der Waals surface area (Å²) in [4.78, 5) is 24.1. The van der Waals surface area contributed by atoms with E-state index in [1.807, 2.05) is 69.3 Å². The molecule has 1 N–H and O–H groups in total. The summed E-state index contributed by atoms with van der Waals surface area (Å²) in [6, 6.07) is 7.59. The number of benzene rings is 1. The van der Waals surface area contributed by atoms with E-state index in [1.54, 1.807) is 12.2 Å². The van der Waals surface area contributed by atoms with Crippen molar-refractivity contribution < 1.29 is 23.5 Å². The number of ketones is 1. The first-order chi connectivity index (χ1) is 18.5. The first-order valence-electron chi connectivity index (χ1n) is 14.0. The largest absolute Gasteiger partial charge is 0.486 e. The normalized spacial score (nSPS) is 14.4. The van der Waals surface area contributed by atoms with Gasteiger partial charge in [-0.3, -0.25) is 4.79 Å². The number of hydrogen-bond donors (Lipinski definition) is 1. The number of amides is 1. The molecule has 0 saturated heterocycles. The van der Waals surface area contributed by atoms with Gasteiger partial charge in [0.2, 0.25) is 0 Å². The van der Waals surface area contributed by atoms with E-state index >= 15 is 0 Å². The number of carbonyl (C=O) groups excluding carboxylic acids is 2. The van der Waals surface area contributed by atoms with Gasteiger partial charge in [-0.2, -0.15) is 0 Å². The van der Waals surface area contributed by atoms with Gasteiger partial charge in [-0.05, 0) is 94.9 Å². The predicted octanol–water partition coefficient (Wildman–Crippen LogP) is 8.12. The maximum absolute atomic E-state index is 12.6. The lowest BCUT2D eigenvalue weighted by Crippen LogP contribution is -2.48. The van der Waals surface area contributed by atoms with Crippen LogP contribution in [0.15, 0.2) is 73.4 Å². The van der Waals surface area contributed by atoms with Crippen molar-refractivity contribution in [3.8, 4) is 5.75 Å². The van der Waals surface area contributed by atoms with Crippen molar-refractivity contribution in [2.75, 3.05) is 6.61 Å². The molecule has 0 aliphatic heterocycles. The van der Waals surface area contributed by atoms with Crippen molar-refractivity contribution in [1.29, 1.82) is 0 Å². The molecule has 40 heavy (non-hydrogen) atoms. The quantitative estimate of drug-likeness (QED) is 0.131. The van der Waals surface area contributed by atoms with Gasteiger partial charge in [-0.25, -0.2) is 4.79 Å². The summed E-state index contributed by atoms with van der Waals surface area (Å²) in [5.74, 6) is 0.698. The van der Waals surface area contributed by atoms with Gasteiger partial charge in [0.05, 0.1) is 12.6 Å². The van der Waals surface area contributed by atoms with Gasteiger partial charge in [0.25, 0.3) is 0 Å². The standard InChI is InChI=1S/C33H51NO5Si/c1-11-12-13-14-15-16-17-29(21-18-26(2)35)38-30-22-19-27(20-23-30)24-28(34-31(36)39-32(3,4)5)25-37-40(9,10)33(6,7)8/h11-15,18-23,28-29H,1,16-17,24-25H2,2-10H3,(H,34,36)/b13-12+,15-14-,21-18+/t28-,29-/m0/s1. The fourth-order valence-corrected chi connectivity index (χ4v) is 4.38. The molecule has 0 fully saturated rings. The maximum atomic E-state index is 12.6. The molecule has 0 aliphatic rings. The highest BCUT2D eigenvalue weighted by Crippen LogP contribution is 2.36. The maximum Gasteiger partial charge on any atom is 0.407 e. The minimum atomic E-state index is -2.00. The number of ether oxygens (including phenoxy) is 2. The Bertz CT molecular complexity index is 1030. The molecule has 7 heteroatoms. The fourth-order valence-electron chi connectivity index (χ4n) is 3.33. The molecule has 0 saturated carbocycles. The summed E-state index contributed by atoms with van der Waals surface area (Å²) in [6.45, 7) is 22.1. The highest BCUT2D eigenvalue weighted by atomic mass is 28.4. The van der Waals surface area contributed by atoms with Crippen LogP contribution < -0.4 is 10.1 Å². The Hall–Kier alpha value is -2.90. The second kappa shape index (κ2) is 16.4. The second-order valence-corrected chi connectivity index (χ2v) is 17.3. The minimum absolute atomic E-state index is 0.0168. The predicted molar refractivity (Wildman–Crippen MR) is 168 cm³/mol. The zero-order chi connectivity index (χ0) is 30.4. The van der Waals surface area contributed by atoms with Crippen molar-refractivity contribution in [2.45, 2.75) is 104 Å². The summed E-state index contributed by atoms with van der Waals surface area (Å²) >= 11 is 0. The molecule has 1 aromatic carbocycles. The number of carbonyl (C=O) groups is 2. The molecular weight excluding hydrogens is 518 g/mol. The van der Waals surface area contributed by atoms with Crippen molar-refractivity contribution in [3.63, 3.8) is 0 Å². The van der Waals surface area contributed by atoms with Gasteiger partial charge in [0, 0.05) is 0 Å². The van der Waals surface area contributed by atoms with Crippen molar-refractivity contribution >= 4 is 20.2 Å². The summed E-state index contributed by atoms with van der Waals surface area (Å²) in [5, 5.41) is 3.07. The first kappa shape index (κ1) is 35.1. The molecule has 1 amide bonds. The Balaban J connectivity index is 2.96. The lowest BCUT2D eigenvalue weighted by Gasteiger charge is -2.37. The third-order valence-electron chi connectivity index (χ3n) is 6.52. The third kappa shape index (κ3) is 15.0. The molecule has 2 atom stereocenters. The Labute approximate surface area is 243 Å². The van der Waals surface area contributed by atoms with Crippen molar-refractivity contribution in [1.82, 2.24) is 5.32 Å². The Morgan fingerprint density at radius 3 is 2.23 bits per heavy atom. The van der Waals surface area contributed by atoms with Gasteiger partial charge in [0.1, 0.15) is 17.5 Å². The van der Waals surface area contributed by atoms with Crippen LogP contribution >= 0.6 is 0 Å². The fraction of sp³-hybridized carbons (Fsp3) is 0.515. The smallest absolute Gasteiger partial charge is 0.407 e. The second-order valence-electron chi connectivity index (χ2n) is 12.5. The van der Waals surface area contributed by atoms with E-state index in [1.165, 1.54) is 6.92 Å². The molecule has 0 radical (unpaired) electrons. The topological polar surface area (TPSA) is 73.9 Å². The number of hydrogen-bond acceptors (Lipinski definition) is 5. The lowest BCUT2D eigenvalue weighted by atomic mass is 10.1. The van der Waals surface area contributed by atoms with Crippen LogP contribution in [0.1, 0.15) is 66.9 Å². The summed E-state index contributed by atoms with van der Waals surface area (Å²) < 4.78 is 18.1. The van der Waals surface area contributed by atoms with Crippen LogP contribution in [0.3, 0.4) is 0 Å². The molecule has 1 aromatic rings. The zero-order valence-electron chi connectivity index (χ0n) is 26.1. The van der Waals surface area contributed by atoms with E-state index in [2.05, 4.69) is 51.8 Å². The van der Waals surface area contributed by atoms with Crippen molar-refractivity contribution in [3.05, 3.63) is 78.9 Å². The highest BCUT2D eigenvalue weighted by molar-refractivity contribution is 6.74. The Morgan fingerprint density at radius 1 is 1.02 bits per heavy atom. The summed E-state index contributed by atoms with van der Waals surface area (Å²) in [5.41, 5.74) is 0.458. The van der Waals surface area contributed by atoms with Crippen molar-refractivity contribution in [2.24, 2.45) is 0 Å². The van der Waals surface area contributed by atoms with Gasteiger partial charge in [-0.15, -0.1) is 0 Å². The molecule has 6 nitrogen and oxygen atoms in total. The van der Waals surface area contributed by atoms with Gasteiger partial charge < -0.3 is 19.2 Å². The van der Waals surface area contributed by atoms with Crippen LogP contribution in [-0.2, 0) is 20.4 Å².